The van der Waals surface area contributed by atoms with Crippen molar-refractivity contribution in [2.45, 2.75) is 18.9 Å². The van der Waals surface area contributed by atoms with E-state index in [4.69, 9.17) is 4.52 Å². The quantitative estimate of drug-likeness (QED) is 0.778. The largest absolute Gasteiger partial charge is 0.330 e. The molecule has 4 rings (SSSR count). The molecule has 1 atom stereocenters. The first-order chi connectivity index (χ1) is 10.9. The second-order valence-electron chi connectivity index (χ2n) is 5.21. The van der Waals surface area contributed by atoms with Gasteiger partial charge in [-0.1, -0.05) is 5.16 Å². The van der Waals surface area contributed by atoms with Gasteiger partial charge in [-0.25, -0.2) is 9.67 Å². The molecule has 4 heterocycles. The van der Waals surface area contributed by atoms with Crippen molar-refractivity contribution >= 4 is 0 Å². The van der Waals surface area contributed by atoms with Crippen LogP contribution in [0.1, 0.15) is 18.9 Å². The molecule has 0 amide bonds. The van der Waals surface area contributed by atoms with Crippen molar-refractivity contribution in [3.63, 3.8) is 0 Å². The van der Waals surface area contributed by atoms with Crippen molar-refractivity contribution in [1.82, 2.24) is 35.2 Å². The minimum absolute atomic E-state index is 0.328. The lowest BCUT2D eigenvalue weighted by molar-refractivity contribution is 0.345. The summed E-state index contributed by atoms with van der Waals surface area (Å²) in [7, 11) is 0. The fourth-order valence-corrected chi connectivity index (χ4v) is 2.54. The maximum atomic E-state index is 5.27. The summed E-state index contributed by atoms with van der Waals surface area (Å²) in [5.74, 6) is 1.29. The Kier molecular flexibility index (Phi) is 3.36. The highest BCUT2D eigenvalue weighted by Crippen LogP contribution is 2.21. The first kappa shape index (κ1) is 13.1. The summed E-state index contributed by atoms with van der Waals surface area (Å²) >= 11 is 0. The van der Waals surface area contributed by atoms with Crippen LogP contribution in [0, 0.1) is 0 Å². The number of aromatic nitrogens is 6. The lowest BCUT2D eigenvalue weighted by Gasteiger charge is -2.22. The topological polar surface area (TPSA) is 94.6 Å². The van der Waals surface area contributed by atoms with Crippen molar-refractivity contribution in [3.8, 4) is 23.1 Å². The van der Waals surface area contributed by atoms with E-state index in [0.717, 1.165) is 31.5 Å². The molecule has 0 aliphatic carbocycles. The number of hydrogen-bond donors (Lipinski definition) is 1. The van der Waals surface area contributed by atoms with Gasteiger partial charge in [-0.15, -0.1) is 5.10 Å². The second kappa shape index (κ2) is 5.64. The van der Waals surface area contributed by atoms with E-state index in [1.807, 2.05) is 16.8 Å². The van der Waals surface area contributed by atoms with Crippen LogP contribution in [0.5, 0.6) is 0 Å². The van der Waals surface area contributed by atoms with E-state index in [0.29, 0.717) is 23.6 Å². The molecule has 0 bridgehead atoms. The van der Waals surface area contributed by atoms with Crippen LogP contribution in [0.25, 0.3) is 23.1 Å². The zero-order chi connectivity index (χ0) is 14.8. The highest BCUT2D eigenvalue weighted by atomic mass is 16.5. The van der Waals surface area contributed by atoms with Crippen LogP contribution >= 0.6 is 0 Å². The van der Waals surface area contributed by atoms with Gasteiger partial charge < -0.3 is 9.84 Å². The average Bonchev–Trinajstić information content (AvgIpc) is 3.26. The molecule has 1 aliphatic rings. The molecule has 0 saturated carbocycles. The summed E-state index contributed by atoms with van der Waals surface area (Å²) in [6.07, 6.45) is 7.35. The Labute approximate surface area is 126 Å². The third-order valence-electron chi connectivity index (χ3n) is 3.71. The minimum Gasteiger partial charge on any atom is -0.330 e. The Morgan fingerprint density at radius 2 is 2.14 bits per heavy atom. The number of hydrogen-bond acceptors (Lipinski definition) is 7. The van der Waals surface area contributed by atoms with Crippen molar-refractivity contribution in [2.75, 3.05) is 13.1 Å². The molecule has 0 radical (unpaired) electrons. The summed E-state index contributed by atoms with van der Waals surface area (Å²) in [5.41, 5.74) is 0.848. The van der Waals surface area contributed by atoms with E-state index in [1.54, 1.807) is 18.7 Å². The van der Waals surface area contributed by atoms with Gasteiger partial charge >= 0.3 is 0 Å². The van der Waals surface area contributed by atoms with Crippen LogP contribution in [-0.4, -0.2) is 43.0 Å². The number of nitrogens with zero attached hydrogens (tertiary/aromatic N) is 6. The molecule has 22 heavy (non-hydrogen) atoms. The van der Waals surface area contributed by atoms with Crippen LogP contribution < -0.4 is 5.32 Å². The number of rotatable bonds is 3. The van der Waals surface area contributed by atoms with Crippen LogP contribution in [0.2, 0.25) is 0 Å². The predicted molar refractivity (Wildman–Crippen MR) is 77.7 cm³/mol. The minimum atomic E-state index is 0.328. The van der Waals surface area contributed by atoms with Gasteiger partial charge in [-0.3, -0.25) is 4.98 Å². The Morgan fingerprint density at radius 1 is 1.23 bits per heavy atom. The van der Waals surface area contributed by atoms with Crippen LogP contribution in [0.4, 0.5) is 0 Å². The zero-order valence-electron chi connectivity index (χ0n) is 11.9. The Bertz CT molecular complexity index is 745. The maximum absolute atomic E-state index is 5.27. The summed E-state index contributed by atoms with van der Waals surface area (Å²) in [6, 6.07) is 3.99. The molecule has 3 aromatic heterocycles. The normalized spacial score (nSPS) is 18.5. The van der Waals surface area contributed by atoms with Gasteiger partial charge in [0.1, 0.15) is 6.33 Å². The van der Waals surface area contributed by atoms with Crippen LogP contribution in [-0.2, 0) is 0 Å². The molecule has 8 heteroatoms. The van der Waals surface area contributed by atoms with Gasteiger partial charge in [0.05, 0.1) is 6.04 Å². The van der Waals surface area contributed by atoms with Gasteiger partial charge in [-0.2, -0.15) is 4.98 Å². The Balaban J connectivity index is 1.58. The molecule has 0 spiro atoms. The van der Waals surface area contributed by atoms with Gasteiger partial charge in [0.15, 0.2) is 0 Å². The van der Waals surface area contributed by atoms with Crippen molar-refractivity contribution in [2.24, 2.45) is 0 Å². The predicted octanol–water partition coefficient (Wildman–Crippen LogP) is 1.31. The zero-order valence-corrected chi connectivity index (χ0v) is 11.9. The molecule has 1 saturated heterocycles. The SMILES string of the molecule is c1cc(-c2noc(-c3ncn(C4CCCNC4)n3)n2)ccn1. The Morgan fingerprint density at radius 3 is 2.95 bits per heavy atom. The lowest BCUT2D eigenvalue weighted by atomic mass is 10.1. The molecule has 1 unspecified atom stereocenters. The number of pyridine rings is 1. The molecule has 0 aromatic carbocycles. The number of nitrogens with one attached hydrogen (secondary N) is 1. The second-order valence-corrected chi connectivity index (χ2v) is 5.21. The Hall–Kier alpha value is -2.61. The van der Waals surface area contributed by atoms with Gasteiger partial charge in [0.2, 0.25) is 11.6 Å². The van der Waals surface area contributed by atoms with E-state index >= 15 is 0 Å². The average molecular weight is 297 g/mol. The van der Waals surface area contributed by atoms with Crippen LogP contribution in [0.3, 0.4) is 0 Å². The molecule has 1 N–H and O–H groups in total. The third-order valence-corrected chi connectivity index (χ3v) is 3.71. The molecular formula is C14H15N7O. The smallest absolute Gasteiger partial charge is 0.297 e. The van der Waals surface area contributed by atoms with Crippen molar-refractivity contribution in [3.05, 3.63) is 30.9 Å². The van der Waals surface area contributed by atoms with Crippen molar-refractivity contribution in [1.29, 1.82) is 0 Å². The maximum Gasteiger partial charge on any atom is 0.297 e. The van der Waals surface area contributed by atoms with E-state index in [1.165, 1.54) is 0 Å². The summed E-state index contributed by atoms with van der Waals surface area (Å²) in [4.78, 5) is 12.6. The first-order valence-corrected chi connectivity index (χ1v) is 7.26. The van der Waals surface area contributed by atoms with E-state index in [-0.39, 0.29) is 0 Å². The standard InChI is InChI=1S/C14H15N7O/c1-2-11(8-16-5-1)21-9-17-13(19-21)14-18-12(20-22-14)10-3-6-15-7-4-10/h3-4,6-7,9,11,16H,1-2,5,8H2. The van der Waals surface area contributed by atoms with E-state index < -0.39 is 0 Å². The molecule has 8 nitrogen and oxygen atoms in total. The van der Waals surface area contributed by atoms with Crippen molar-refractivity contribution < 1.29 is 4.52 Å². The highest BCUT2D eigenvalue weighted by Gasteiger charge is 2.19. The lowest BCUT2D eigenvalue weighted by Crippen LogP contribution is -2.31. The van der Waals surface area contributed by atoms with Gasteiger partial charge in [-0.05, 0) is 31.5 Å². The van der Waals surface area contributed by atoms with Crippen LogP contribution in [0.15, 0.2) is 35.4 Å². The van der Waals surface area contributed by atoms with Gasteiger partial charge in [0, 0.05) is 24.5 Å². The van der Waals surface area contributed by atoms with E-state index in [2.05, 4.69) is 30.5 Å². The van der Waals surface area contributed by atoms with Gasteiger partial charge in [0.25, 0.3) is 5.89 Å². The fraction of sp³-hybridized carbons (Fsp3) is 0.357. The number of piperidine rings is 1. The molecule has 1 aliphatic heterocycles. The summed E-state index contributed by atoms with van der Waals surface area (Å²) < 4.78 is 7.14. The monoisotopic (exact) mass is 297 g/mol. The molecular weight excluding hydrogens is 282 g/mol. The highest BCUT2D eigenvalue weighted by molar-refractivity contribution is 5.55. The fourth-order valence-electron chi connectivity index (χ4n) is 2.54. The summed E-state index contributed by atoms with van der Waals surface area (Å²) in [6.45, 7) is 1.98. The third kappa shape index (κ3) is 2.48. The summed E-state index contributed by atoms with van der Waals surface area (Å²) in [5, 5.41) is 11.8. The molecule has 112 valence electrons. The molecule has 1 fully saturated rings. The van der Waals surface area contributed by atoms with E-state index in [9.17, 15) is 0 Å². The first-order valence-electron chi connectivity index (χ1n) is 7.26. The molecule has 3 aromatic rings.